The number of urea groups is 1. The van der Waals surface area contributed by atoms with Crippen LogP contribution in [-0.2, 0) is 16.0 Å². The number of benzene rings is 1. The van der Waals surface area contributed by atoms with Gasteiger partial charge in [-0.15, -0.1) is 0 Å². The summed E-state index contributed by atoms with van der Waals surface area (Å²) in [4.78, 5) is 43.4. The number of hydrogen-bond donors (Lipinski definition) is 4. The number of aromatic amines is 1. The number of aliphatic carboxylic acids is 1. The number of rotatable bonds is 8. The molecule has 9 heteroatoms. The Morgan fingerprint density at radius 3 is 2.38 bits per heavy atom. The molecule has 0 spiro atoms. The molecule has 0 saturated carbocycles. The predicted octanol–water partition coefficient (Wildman–Crippen LogP) is 4.43. The molecule has 4 N–H and O–H groups in total. The van der Waals surface area contributed by atoms with E-state index in [1.54, 1.807) is 0 Å². The molecule has 1 aromatic heterocycles. The van der Waals surface area contributed by atoms with Crippen molar-refractivity contribution < 1.29 is 19.5 Å². The van der Waals surface area contributed by atoms with E-state index in [-0.39, 0.29) is 30.5 Å². The van der Waals surface area contributed by atoms with Crippen molar-refractivity contribution in [2.24, 2.45) is 5.92 Å². The maximum atomic E-state index is 13.2. The fourth-order valence-corrected chi connectivity index (χ4v) is 5.38. The van der Waals surface area contributed by atoms with Crippen molar-refractivity contribution in [3.05, 3.63) is 34.4 Å². The number of carboxylic acids is 1. The summed E-state index contributed by atoms with van der Waals surface area (Å²) in [6.07, 6.45) is 3.45. The second-order valence-corrected chi connectivity index (χ2v) is 10.5. The number of carbonyl (C=O) groups is 3. The van der Waals surface area contributed by atoms with Crippen molar-refractivity contribution in [2.45, 2.75) is 84.0 Å². The first-order valence-electron chi connectivity index (χ1n) is 12.0. The van der Waals surface area contributed by atoms with Gasteiger partial charge in [0, 0.05) is 29.4 Å². The van der Waals surface area contributed by atoms with Crippen LogP contribution in [0.3, 0.4) is 0 Å². The van der Waals surface area contributed by atoms with Gasteiger partial charge in [-0.1, -0.05) is 32.0 Å². The highest BCUT2D eigenvalue weighted by Crippen LogP contribution is 2.28. The van der Waals surface area contributed by atoms with Crippen molar-refractivity contribution in [2.75, 3.05) is 0 Å². The Kier molecular flexibility index (Phi) is 8.62. The number of aromatic nitrogens is 1. The third-order valence-electron chi connectivity index (χ3n) is 6.53. The van der Waals surface area contributed by atoms with Crippen LogP contribution in [0, 0.1) is 5.92 Å². The number of likely N-dealkylation sites (tertiary alicyclic amines) is 1. The molecular weight excluding hydrogens is 500 g/mol. The number of carboxylic acid groups (broad SMARTS) is 1. The maximum Gasteiger partial charge on any atom is 0.326 e. The van der Waals surface area contributed by atoms with Gasteiger partial charge in [-0.3, -0.25) is 4.79 Å². The molecule has 0 bridgehead atoms. The van der Waals surface area contributed by atoms with E-state index < -0.39 is 24.0 Å². The molecule has 1 aliphatic heterocycles. The summed E-state index contributed by atoms with van der Waals surface area (Å²) < 4.78 is 0.689. The summed E-state index contributed by atoms with van der Waals surface area (Å²) >= 11 is 3.48. The van der Waals surface area contributed by atoms with E-state index in [4.69, 9.17) is 0 Å². The average molecular weight is 535 g/mol. The maximum absolute atomic E-state index is 13.2. The lowest BCUT2D eigenvalue weighted by Crippen LogP contribution is -2.58. The van der Waals surface area contributed by atoms with Crippen molar-refractivity contribution in [1.29, 1.82) is 0 Å². The zero-order valence-electron chi connectivity index (χ0n) is 20.2. The fourth-order valence-electron chi connectivity index (χ4n) is 4.79. The van der Waals surface area contributed by atoms with Crippen LogP contribution in [0.2, 0.25) is 0 Å². The van der Waals surface area contributed by atoms with E-state index in [2.05, 4.69) is 31.5 Å². The summed E-state index contributed by atoms with van der Waals surface area (Å²) in [5.41, 5.74) is 1.67. The molecule has 1 saturated heterocycles. The summed E-state index contributed by atoms with van der Waals surface area (Å²) in [7, 11) is 0. The lowest BCUT2D eigenvalue weighted by Gasteiger charge is -2.39. The largest absolute Gasteiger partial charge is 0.480 e. The highest BCUT2D eigenvalue weighted by atomic mass is 79.9. The quantitative estimate of drug-likeness (QED) is 0.401. The number of carbonyl (C=O) groups excluding carboxylic acids is 2. The first-order chi connectivity index (χ1) is 16.1. The lowest BCUT2D eigenvalue weighted by atomic mass is 9.97. The van der Waals surface area contributed by atoms with Crippen molar-refractivity contribution >= 4 is 44.7 Å². The van der Waals surface area contributed by atoms with Crippen LogP contribution >= 0.6 is 15.9 Å². The number of halogens is 1. The Morgan fingerprint density at radius 1 is 1.12 bits per heavy atom. The highest BCUT2D eigenvalue weighted by molar-refractivity contribution is 9.10. The number of piperidine rings is 1. The molecule has 1 aromatic carbocycles. The standard InChI is InChI=1S/C25H35BrN4O4/c1-14(2)12-20(29-25(34)30-15(3)8-7-9-16(30)4)23(31)28-21(24(32)33)13-18-17-10-5-6-11-19(17)27-22(18)26/h5-6,10-11,14-16,20-21,27H,7-9,12-13H2,1-4H3,(H,28,31)(H,29,34)(H,32,33)/t15-,16+,20-,21+/m0/s1. The zero-order chi connectivity index (χ0) is 25.0. The number of nitrogens with zero attached hydrogens (tertiary/aromatic N) is 1. The molecule has 1 fully saturated rings. The van der Waals surface area contributed by atoms with Crippen molar-refractivity contribution in [1.82, 2.24) is 20.5 Å². The average Bonchev–Trinajstić information content (AvgIpc) is 3.07. The van der Waals surface area contributed by atoms with Gasteiger partial charge in [-0.05, 0) is 73.0 Å². The van der Waals surface area contributed by atoms with Crippen LogP contribution in [0.4, 0.5) is 4.79 Å². The van der Waals surface area contributed by atoms with E-state index in [9.17, 15) is 19.5 Å². The minimum absolute atomic E-state index is 0.0949. The number of para-hydroxylation sites is 1. The SMILES string of the molecule is CC(C)C[C@H](NC(=O)N1[C@H](C)CCC[C@@H]1C)C(=O)N[C@H](Cc1c(Br)[nH]c2ccccc12)C(=O)O. The number of nitrogens with one attached hydrogen (secondary N) is 3. The van der Waals surface area contributed by atoms with Gasteiger partial charge in [-0.25, -0.2) is 9.59 Å². The van der Waals surface area contributed by atoms with E-state index in [0.29, 0.717) is 11.0 Å². The van der Waals surface area contributed by atoms with Gasteiger partial charge in [0.1, 0.15) is 12.1 Å². The molecule has 186 valence electrons. The van der Waals surface area contributed by atoms with Gasteiger partial charge in [0.15, 0.2) is 0 Å². The van der Waals surface area contributed by atoms with Crippen LogP contribution in [-0.4, -0.2) is 57.1 Å². The van der Waals surface area contributed by atoms with Gasteiger partial charge >= 0.3 is 12.0 Å². The Bertz CT molecular complexity index is 1030. The topological polar surface area (TPSA) is 115 Å². The first kappa shape index (κ1) is 26.1. The van der Waals surface area contributed by atoms with E-state index in [0.717, 1.165) is 35.7 Å². The molecule has 3 rings (SSSR count). The lowest BCUT2D eigenvalue weighted by molar-refractivity contribution is -0.142. The second kappa shape index (κ2) is 11.3. The molecular formula is C25H35BrN4O4. The smallest absolute Gasteiger partial charge is 0.326 e. The molecule has 0 radical (unpaired) electrons. The first-order valence-corrected chi connectivity index (χ1v) is 12.7. The van der Waals surface area contributed by atoms with Gasteiger partial charge in [-0.2, -0.15) is 0 Å². The second-order valence-electron chi connectivity index (χ2n) is 9.73. The van der Waals surface area contributed by atoms with Gasteiger partial charge in [0.2, 0.25) is 5.91 Å². The molecule has 0 aliphatic carbocycles. The van der Waals surface area contributed by atoms with Crippen LogP contribution < -0.4 is 10.6 Å². The number of H-pyrrole nitrogens is 1. The van der Waals surface area contributed by atoms with Crippen LogP contribution in [0.5, 0.6) is 0 Å². The molecule has 1 aliphatic rings. The molecule has 8 nitrogen and oxygen atoms in total. The van der Waals surface area contributed by atoms with E-state index in [1.165, 1.54) is 0 Å². The van der Waals surface area contributed by atoms with Crippen molar-refractivity contribution in [3.8, 4) is 0 Å². The third-order valence-corrected chi connectivity index (χ3v) is 7.21. The van der Waals surface area contributed by atoms with Gasteiger partial charge < -0.3 is 25.6 Å². The van der Waals surface area contributed by atoms with E-state index in [1.807, 2.05) is 56.9 Å². The zero-order valence-corrected chi connectivity index (χ0v) is 21.8. The minimum atomic E-state index is -1.14. The summed E-state index contributed by atoms with van der Waals surface area (Å²) in [5, 5.41) is 16.3. The molecule has 2 heterocycles. The van der Waals surface area contributed by atoms with Crippen LogP contribution in [0.25, 0.3) is 10.9 Å². The Balaban J connectivity index is 1.76. The monoisotopic (exact) mass is 534 g/mol. The van der Waals surface area contributed by atoms with Crippen LogP contribution in [0.15, 0.2) is 28.9 Å². The molecule has 0 unspecified atom stereocenters. The fraction of sp³-hybridized carbons (Fsp3) is 0.560. The normalized spacial score (nSPS) is 20.2. The molecule has 34 heavy (non-hydrogen) atoms. The predicted molar refractivity (Wildman–Crippen MR) is 136 cm³/mol. The minimum Gasteiger partial charge on any atom is -0.480 e. The van der Waals surface area contributed by atoms with Crippen molar-refractivity contribution in [3.63, 3.8) is 0 Å². The Hall–Kier alpha value is -2.55. The van der Waals surface area contributed by atoms with Gasteiger partial charge in [0.25, 0.3) is 0 Å². The van der Waals surface area contributed by atoms with E-state index >= 15 is 0 Å². The van der Waals surface area contributed by atoms with Gasteiger partial charge in [0.05, 0.1) is 4.60 Å². The Labute approximate surface area is 209 Å². The molecule has 4 atom stereocenters. The summed E-state index contributed by atoms with van der Waals surface area (Å²) in [5.74, 6) is -1.47. The van der Waals surface area contributed by atoms with Crippen LogP contribution in [0.1, 0.15) is 58.9 Å². The number of hydrogen-bond acceptors (Lipinski definition) is 3. The number of fused-ring (bicyclic) bond motifs is 1. The molecule has 3 amide bonds. The molecule has 2 aromatic rings. The number of amides is 3. The Morgan fingerprint density at radius 2 is 1.76 bits per heavy atom. The third kappa shape index (κ3) is 6.11. The summed E-state index contributed by atoms with van der Waals surface area (Å²) in [6.45, 7) is 7.98. The summed E-state index contributed by atoms with van der Waals surface area (Å²) in [6, 6.07) is 5.57. The highest BCUT2D eigenvalue weighted by Gasteiger charge is 2.33.